The van der Waals surface area contributed by atoms with Crippen LogP contribution in [0.15, 0.2) is 36.5 Å². The summed E-state index contributed by atoms with van der Waals surface area (Å²) in [7, 11) is 0. The largest absolute Gasteiger partial charge is 0.494 e. The van der Waals surface area contributed by atoms with Gasteiger partial charge in [-0.15, -0.1) is 0 Å². The van der Waals surface area contributed by atoms with Gasteiger partial charge in [-0.1, -0.05) is 12.1 Å². The zero-order valence-corrected chi connectivity index (χ0v) is 16.9. The maximum atomic E-state index is 12.5. The standard InChI is InChI=1S/C22H30N4O3/c27-22(20-7-8-23-24-20)17-26-10-2-6-21(26)18-4-1-5-19(16-18)29-13-3-9-25-11-14-28-15-12-25/h1,4-5,7-8,16,21H,2-3,6,9-15,17H2,(H,23,24). The predicted octanol–water partition coefficient (Wildman–Crippen LogP) is 2.53. The number of aromatic nitrogens is 2. The molecule has 2 aromatic rings. The Morgan fingerprint density at radius 1 is 1.24 bits per heavy atom. The van der Waals surface area contributed by atoms with Gasteiger partial charge in [-0.2, -0.15) is 5.10 Å². The van der Waals surface area contributed by atoms with Gasteiger partial charge in [-0.25, -0.2) is 0 Å². The van der Waals surface area contributed by atoms with E-state index in [0.29, 0.717) is 18.8 Å². The van der Waals surface area contributed by atoms with Crippen molar-refractivity contribution in [3.8, 4) is 5.75 Å². The molecule has 2 aliphatic rings. The number of likely N-dealkylation sites (tertiary alicyclic amines) is 1. The molecule has 2 saturated heterocycles. The van der Waals surface area contributed by atoms with Crippen LogP contribution in [0.4, 0.5) is 0 Å². The fourth-order valence-electron chi connectivity index (χ4n) is 4.19. The van der Waals surface area contributed by atoms with Crippen molar-refractivity contribution in [3.63, 3.8) is 0 Å². The Hall–Kier alpha value is -2.22. The highest BCUT2D eigenvalue weighted by Gasteiger charge is 2.28. The molecule has 1 unspecified atom stereocenters. The Bertz CT molecular complexity index is 774. The van der Waals surface area contributed by atoms with Crippen LogP contribution in [-0.2, 0) is 4.74 Å². The fourth-order valence-corrected chi connectivity index (χ4v) is 4.19. The summed E-state index contributed by atoms with van der Waals surface area (Å²) >= 11 is 0. The summed E-state index contributed by atoms with van der Waals surface area (Å²) in [5.74, 6) is 1.00. The molecule has 7 heteroatoms. The van der Waals surface area contributed by atoms with E-state index >= 15 is 0 Å². The average Bonchev–Trinajstić information content (AvgIpc) is 3.44. The Morgan fingerprint density at radius 2 is 2.14 bits per heavy atom. The number of benzene rings is 1. The molecule has 1 aromatic heterocycles. The summed E-state index contributed by atoms with van der Waals surface area (Å²) in [4.78, 5) is 17.2. The molecule has 0 bridgehead atoms. The number of H-pyrrole nitrogens is 1. The first-order valence-electron chi connectivity index (χ1n) is 10.6. The van der Waals surface area contributed by atoms with E-state index in [9.17, 15) is 4.79 Å². The van der Waals surface area contributed by atoms with Crippen molar-refractivity contribution in [2.75, 3.05) is 52.5 Å². The lowest BCUT2D eigenvalue weighted by atomic mass is 10.0. The lowest BCUT2D eigenvalue weighted by molar-refractivity contribution is 0.0358. The monoisotopic (exact) mass is 398 g/mol. The lowest BCUT2D eigenvalue weighted by Gasteiger charge is -2.26. The molecule has 4 rings (SSSR count). The number of Topliss-reactive ketones (excluding diaryl/α,β-unsaturated/α-hetero) is 1. The van der Waals surface area contributed by atoms with Gasteiger partial charge in [0.1, 0.15) is 11.4 Å². The van der Waals surface area contributed by atoms with Crippen LogP contribution < -0.4 is 4.74 Å². The molecule has 0 radical (unpaired) electrons. The first-order chi connectivity index (χ1) is 14.3. The van der Waals surface area contributed by atoms with Gasteiger partial charge in [-0.3, -0.25) is 19.7 Å². The zero-order chi connectivity index (χ0) is 19.9. The lowest BCUT2D eigenvalue weighted by Crippen LogP contribution is -2.37. The highest BCUT2D eigenvalue weighted by molar-refractivity contribution is 5.95. The predicted molar refractivity (Wildman–Crippen MR) is 110 cm³/mol. The Balaban J connectivity index is 1.29. The van der Waals surface area contributed by atoms with Crippen molar-refractivity contribution in [1.29, 1.82) is 0 Å². The van der Waals surface area contributed by atoms with Crippen LogP contribution in [0.5, 0.6) is 5.75 Å². The number of carbonyl (C=O) groups excluding carboxylic acids is 1. The Kier molecular flexibility index (Phi) is 6.92. The highest BCUT2D eigenvalue weighted by Crippen LogP contribution is 2.33. The van der Waals surface area contributed by atoms with Gasteiger partial charge in [0.2, 0.25) is 0 Å². The number of nitrogens with zero attached hydrogens (tertiary/aromatic N) is 3. The summed E-state index contributed by atoms with van der Waals surface area (Å²) in [5, 5.41) is 6.65. The highest BCUT2D eigenvalue weighted by atomic mass is 16.5. The molecule has 1 atom stereocenters. The fraction of sp³-hybridized carbons (Fsp3) is 0.545. The first kappa shape index (κ1) is 20.1. The molecule has 2 fully saturated rings. The minimum Gasteiger partial charge on any atom is -0.494 e. The van der Waals surface area contributed by atoms with E-state index in [1.54, 1.807) is 12.3 Å². The molecular weight excluding hydrogens is 368 g/mol. The number of morpholine rings is 1. The normalized spacial score (nSPS) is 20.8. The molecule has 0 saturated carbocycles. The Morgan fingerprint density at radius 3 is 2.97 bits per heavy atom. The summed E-state index contributed by atoms with van der Waals surface area (Å²) in [6, 6.07) is 10.4. The van der Waals surface area contributed by atoms with Gasteiger partial charge in [-0.05, 0) is 49.6 Å². The van der Waals surface area contributed by atoms with Crippen molar-refractivity contribution in [3.05, 3.63) is 47.8 Å². The van der Waals surface area contributed by atoms with Crippen LogP contribution >= 0.6 is 0 Å². The minimum atomic E-state index is 0.0879. The molecule has 0 spiro atoms. The number of hydrogen-bond donors (Lipinski definition) is 1. The molecule has 0 amide bonds. The third-order valence-electron chi connectivity index (χ3n) is 5.75. The van der Waals surface area contributed by atoms with Crippen molar-refractivity contribution in [2.45, 2.75) is 25.3 Å². The van der Waals surface area contributed by atoms with Crippen LogP contribution in [0.2, 0.25) is 0 Å². The number of carbonyl (C=O) groups is 1. The van der Waals surface area contributed by atoms with E-state index in [4.69, 9.17) is 9.47 Å². The summed E-state index contributed by atoms with van der Waals surface area (Å²) < 4.78 is 11.4. The number of nitrogens with one attached hydrogen (secondary N) is 1. The van der Waals surface area contributed by atoms with Crippen LogP contribution in [0.3, 0.4) is 0 Å². The Labute approximate surface area is 172 Å². The van der Waals surface area contributed by atoms with E-state index in [1.165, 1.54) is 5.56 Å². The number of ketones is 1. The van der Waals surface area contributed by atoms with Crippen LogP contribution in [0.1, 0.15) is 41.4 Å². The smallest absolute Gasteiger partial charge is 0.194 e. The second-order valence-electron chi connectivity index (χ2n) is 7.75. The molecule has 1 N–H and O–H groups in total. The molecule has 156 valence electrons. The van der Waals surface area contributed by atoms with Crippen LogP contribution in [0.25, 0.3) is 0 Å². The minimum absolute atomic E-state index is 0.0879. The molecule has 1 aromatic carbocycles. The van der Waals surface area contributed by atoms with Crippen molar-refractivity contribution in [2.24, 2.45) is 0 Å². The van der Waals surface area contributed by atoms with E-state index in [0.717, 1.165) is 64.4 Å². The van der Waals surface area contributed by atoms with Crippen molar-refractivity contribution >= 4 is 5.78 Å². The summed E-state index contributed by atoms with van der Waals surface area (Å²) in [6.45, 7) is 6.83. The van der Waals surface area contributed by atoms with E-state index < -0.39 is 0 Å². The summed E-state index contributed by atoms with van der Waals surface area (Å²) in [5.41, 5.74) is 1.80. The SMILES string of the molecule is O=C(CN1CCCC1c1cccc(OCCCN2CCOCC2)c1)c1ccn[nH]1. The molecule has 7 nitrogen and oxygen atoms in total. The van der Waals surface area contributed by atoms with Crippen LogP contribution in [-0.4, -0.2) is 78.3 Å². The van der Waals surface area contributed by atoms with Crippen LogP contribution in [0, 0.1) is 0 Å². The zero-order valence-electron chi connectivity index (χ0n) is 16.9. The third kappa shape index (κ3) is 5.44. The first-order valence-corrected chi connectivity index (χ1v) is 10.6. The third-order valence-corrected chi connectivity index (χ3v) is 5.75. The molecule has 2 aliphatic heterocycles. The number of rotatable bonds is 9. The molecular formula is C22H30N4O3. The van der Waals surface area contributed by atoms with Crippen molar-refractivity contribution in [1.82, 2.24) is 20.0 Å². The van der Waals surface area contributed by atoms with E-state index in [-0.39, 0.29) is 11.8 Å². The second kappa shape index (κ2) is 10.0. The molecule has 3 heterocycles. The van der Waals surface area contributed by atoms with Gasteiger partial charge in [0, 0.05) is 31.9 Å². The van der Waals surface area contributed by atoms with Gasteiger partial charge in [0.05, 0.1) is 26.4 Å². The quantitative estimate of drug-likeness (QED) is 0.517. The molecule has 0 aliphatic carbocycles. The number of ether oxygens (including phenoxy) is 2. The summed E-state index contributed by atoms with van der Waals surface area (Å²) in [6.07, 6.45) is 4.80. The maximum Gasteiger partial charge on any atom is 0.194 e. The second-order valence-corrected chi connectivity index (χ2v) is 7.75. The number of aromatic amines is 1. The van der Waals surface area contributed by atoms with E-state index in [2.05, 4.69) is 38.2 Å². The van der Waals surface area contributed by atoms with E-state index in [1.807, 2.05) is 6.07 Å². The van der Waals surface area contributed by atoms with Gasteiger partial charge in [0.15, 0.2) is 5.78 Å². The maximum absolute atomic E-state index is 12.5. The van der Waals surface area contributed by atoms with Gasteiger partial charge in [0.25, 0.3) is 0 Å². The number of hydrogen-bond acceptors (Lipinski definition) is 6. The van der Waals surface area contributed by atoms with Gasteiger partial charge < -0.3 is 9.47 Å². The van der Waals surface area contributed by atoms with Crippen molar-refractivity contribution < 1.29 is 14.3 Å². The topological polar surface area (TPSA) is 70.7 Å². The average molecular weight is 399 g/mol. The molecule has 29 heavy (non-hydrogen) atoms. The van der Waals surface area contributed by atoms with Gasteiger partial charge >= 0.3 is 0 Å².